The SMILES string of the molecule is CCCCc1cc(=O)oc2c(C)c(OCC(=O)N3CC[C@]4(O)CCCC[C@H]4[C@@H]3CCCC)ccc12. The molecule has 0 spiro atoms. The molecule has 2 fully saturated rings. The third-order valence-corrected chi connectivity index (χ3v) is 8.24. The number of rotatable bonds is 9. The smallest absolute Gasteiger partial charge is 0.336 e. The van der Waals surface area contributed by atoms with E-state index in [-0.39, 0.29) is 30.1 Å². The van der Waals surface area contributed by atoms with Gasteiger partial charge in [0.1, 0.15) is 11.3 Å². The number of hydrogen-bond acceptors (Lipinski definition) is 5. The number of carbonyl (C=O) groups is 1. The summed E-state index contributed by atoms with van der Waals surface area (Å²) >= 11 is 0. The quantitative estimate of drug-likeness (QED) is 0.474. The molecule has 35 heavy (non-hydrogen) atoms. The molecule has 1 amide bonds. The molecular weight excluding hydrogens is 442 g/mol. The number of unbranched alkanes of at least 4 members (excludes halogenated alkanes) is 2. The van der Waals surface area contributed by atoms with Gasteiger partial charge in [-0.1, -0.05) is 46.0 Å². The first-order chi connectivity index (χ1) is 16.9. The summed E-state index contributed by atoms with van der Waals surface area (Å²) in [6.07, 6.45) is 10.6. The van der Waals surface area contributed by atoms with E-state index in [0.29, 0.717) is 24.3 Å². The number of fused-ring (bicyclic) bond motifs is 2. The van der Waals surface area contributed by atoms with Crippen molar-refractivity contribution in [2.45, 2.75) is 103 Å². The van der Waals surface area contributed by atoms with Crippen molar-refractivity contribution in [3.8, 4) is 5.75 Å². The highest BCUT2D eigenvalue weighted by Gasteiger charge is 2.49. The summed E-state index contributed by atoms with van der Waals surface area (Å²) in [7, 11) is 0. The highest BCUT2D eigenvalue weighted by atomic mass is 16.5. The Kier molecular flexibility index (Phi) is 8.20. The Balaban J connectivity index is 1.51. The average molecular weight is 484 g/mol. The molecule has 3 atom stereocenters. The summed E-state index contributed by atoms with van der Waals surface area (Å²) in [4.78, 5) is 27.5. The van der Waals surface area contributed by atoms with E-state index in [0.717, 1.165) is 80.7 Å². The summed E-state index contributed by atoms with van der Waals surface area (Å²) < 4.78 is 11.6. The van der Waals surface area contributed by atoms with Crippen LogP contribution in [0.1, 0.15) is 89.2 Å². The molecule has 6 nitrogen and oxygen atoms in total. The molecule has 2 aromatic rings. The predicted molar refractivity (Wildman–Crippen MR) is 138 cm³/mol. The molecule has 1 N–H and O–H groups in total. The first kappa shape index (κ1) is 25.7. The number of aliphatic hydroxyl groups is 1. The van der Waals surface area contributed by atoms with Crippen LogP contribution in [0.25, 0.3) is 11.0 Å². The van der Waals surface area contributed by atoms with Crippen molar-refractivity contribution in [1.29, 1.82) is 0 Å². The Labute approximate surface area is 208 Å². The fourth-order valence-corrected chi connectivity index (χ4v) is 6.25. The Morgan fingerprint density at radius 1 is 1.20 bits per heavy atom. The third kappa shape index (κ3) is 5.42. The monoisotopic (exact) mass is 483 g/mol. The van der Waals surface area contributed by atoms with Gasteiger partial charge in [0.25, 0.3) is 5.91 Å². The number of hydrogen-bond donors (Lipinski definition) is 1. The van der Waals surface area contributed by atoms with E-state index in [1.165, 1.54) is 0 Å². The summed E-state index contributed by atoms with van der Waals surface area (Å²) in [6.45, 7) is 6.70. The number of aryl methyl sites for hydroxylation is 2. The molecular formula is C29H41NO5. The number of ether oxygens (including phenoxy) is 1. The van der Waals surface area contributed by atoms with E-state index in [1.807, 2.05) is 24.0 Å². The highest BCUT2D eigenvalue weighted by molar-refractivity contribution is 5.85. The highest BCUT2D eigenvalue weighted by Crippen LogP contribution is 2.44. The number of likely N-dealkylation sites (tertiary alicyclic amines) is 1. The van der Waals surface area contributed by atoms with Gasteiger partial charge < -0.3 is 19.2 Å². The van der Waals surface area contributed by atoms with Gasteiger partial charge in [-0.05, 0) is 63.1 Å². The molecule has 1 saturated carbocycles. The fraction of sp³-hybridized carbons (Fsp3) is 0.655. The Bertz CT molecular complexity index is 1090. The molecule has 192 valence electrons. The van der Waals surface area contributed by atoms with Gasteiger partial charge in [-0.25, -0.2) is 4.79 Å². The van der Waals surface area contributed by atoms with Crippen LogP contribution in [-0.4, -0.2) is 40.7 Å². The van der Waals surface area contributed by atoms with Gasteiger partial charge in [0.15, 0.2) is 6.61 Å². The maximum Gasteiger partial charge on any atom is 0.336 e. The van der Waals surface area contributed by atoms with Gasteiger partial charge in [-0.3, -0.25) is 4.79 Å². The van der Waals surface area contributed by atoms with Crippen LogP contribution in [0.15, 0.2) is 27.4 Å². The van der Waals surface area contributed by atoms with E-state index in [2.05, 4.69) is 13.8 Å². The van der Waals surface area contributed by atoms with Gasteiger partial charge in [0.2, 0.25) is 0 Å². The Hall–Kier alpha value is -2.34. The van der Waals surface area contributed by atoms with E-state index in [9.17, 15) is 14.7 Å². The van der Waals surface area contributed by atoms with Crippen LogP contribution in [0.3, 0.4) is 0 Å². The summed E-state index contributed by atoms with van der Waals surface area (Å²) in [6, 6.07) is 5.47. The second-order valence-corrected chi connectivity index (χ2v) is 10.6. The van der Waals surface area contributed by atoms with Crippen molar-refractivity contribution in [2.75, 3.05) is 13.2 Å². The first-order valence-electron chi connectivity index (χ1n) is 13.6. The summed E-state index contributed by atoms with van der Waals surface area (Å²) in [5, 5.41) is 12.2. The molecule has 2 heterocycles. The minimum atomic E-state index is -0.629. The van der Waals surface area contributed by atoms with Crippen molar-refractivity contribution >= 4 is 16.9 Å². The van der Waals surface area contributed by atoms with Crippen LogP contribution in [-0.2, 0) is 11.2 Å². The molecule has 6 heteroatoms. The number of nitrogens with zero attached hydrogens (tertiary/aromatic N) is 1. The lowest BCUT2D eigenvalue weighted by Crippen LogP contribution is -2.61. The van der Waals surface area contributed by atoms with Gasteiger partial charge in [0.05, 0.1) is 5.60 Å². The summed E-state index contributed by atoms with van der Waals surface area (Å²) in [5.41, 5.74) is 1.30. The maximum absolute atomic E-state index is 13.4. The molecule has 1 saturated heterocycles. The molecule has 2 aliphatic rings. The molecule has 0 radical (unpaired) electrons. The molecule has 4 rings (SSSR count). The molecule has 1 aliphatic carbocycles. The zero-order valence-electron chi connectivity index (χ0n) is 21.6. The molecule has 1 aliphatic heterocycles. The fourth-order valence-electron chi connectivity index (χ4n) is 6.25. The van der Waals surface area contributed by atoms with Crippen molar-refractivity contribution in [3.63, 3.8) is 0 Å². The minimum Gasteiger partial charge on any atom is -0.483 e. The Morgan fingerprint density at radius 3 is 2.77 bits per heavy atom. The largest absolute Gasteiger partial charge is 0.483 e. The molecule has 1 aromatic heterocycles. The van der Waals surface area contributed by atoms with Crippen molar-refractivity contribution in [3.05, 3.63) is 39.7 Å². The minimum absolute atomic E-state index is 0.0311. The molecule has 1 aromatic carbocycles. The number of carbonyl (C=O) groups excluding carboxylic acids is 1. The van der Waals surface area contributed by atoms with E-state index in [1.54, 1.807) is 6.07 Å². The number of amides is 1. The van der Waals surface area contributed by atoms with Gasteiger partial charge in [-0.15, -0.1) is 0 Å². The zero-order valence-corrected chi connectivity index (χ0v) is 21.6. The molecule has 0 unspecified atom stereocenters. The predicted octanol–water partition coefficient (Wildman–Crippen LogP) is 5.54. The second-order valence-electron chi connectivity index (χ2n) is 10.6. The van der Waals surface area contributed by atoms with E-state index in [4.69, 9.17) is 9.15 Å². The van der Waals surface area contributed by atoms with Crippen LogP contribution in [0.2, 0.25) is 0 Å². The summed E-state index contributed by atoms with van der Waals surface area (Å²) in [5.74, 6) is 0.688. The topological polar surface area (TPSA) is 80.0 Å². The number of piperidine rings is 1. The van der Waals surface area contributed by atoms with Crippen LogP contribution in [0, 0.1) is 12.8 Å². The van der Waals surface area contributed by atoms with Gasteiger partial charge in [-0.2, -0.15) is 0 Å². The second kappa shape index (κ2) is 11.2. The number of benzene rings is 1. The van der Waals surface area contributed by atoms with E-state index >= 15 is 0 Å². The zero-order chi connectivity index (χ0) is 25.0. The van der Waals surface area contributed by atoms with Gasteiger partial charge in [0, 0.05) is 35.5 Å². The molecule has 0 bridgehead atoms. The first-order valence-corrected chi connectivity index (χ1v) is 13.6. The van der Waals surface area contributed by atoms with Crippen LogP contribution in [0.4, 0.5) is 0 Å². The third-order valence-electron chi connectivity index (χ3n) is 8.24. The lowest BCUT2D eigenvalue weighted by molar-refractivity contribution is -0.157. The van der Waals surface area contributed by atoms with Crippen molar-refractivity contribution in [2.24, 2.45) is 5.92 Å². The average Bonchev–Trinajstić information content (AvgIpc) is 2.85. The van der Waals surface area contributed by atoms with Gasteiger partial charge >= 0.3 is 5.63 Å². The van der Waals surface area contributed by atoms with Crippen LogP contribution >= 0.6 is 0 Å². The normalized spacial score (nSPS) is 24.4. The van der Waals surface area contributed by atoms with Crippen LogP contribution in [0.5, 0.6) is 5.75 Å². The Morgan fingerprint density at radius 2 is 2.00 bits per heavy atom. The van der Waals surface area contributed by atoms with Crippen LogP contribution < -0.4 is 10.4 Å². The maximum atomic E-state index is 13.4. The van der Waals surface area contributed by atoms with Crippen molar-refractivity contribution in [1.82, 2.24) is 4.90 Å². The lowest BCUT2D eigenvalue weighted by Gasteiger charge is -2.52. The lowest BCUT2D eigenvalue weighted by atomic mass is 9.66. The standard InChI is InChI=1S/C29H41NO5/c1-4-6-10-21-18-27(32)35-28-20(3)25(14-13-22(21)28)34-19-26(31)30-17-16-29(33)15-9-8-11-23(29)24(30)12-7-5-2/h13-14,18,23-24,33H,4-12,15-17,19H2,1-3H3/t23-,24-,29+/m0/s1. The van der Waals surface area contributed by atoms with E-state index < -0.39 is 5.60 Å². The van der Waals surface area contributed by atoms with Crippen molar-refractivity contribution < 1.29 is 19.1 Å².